The summed E-state index contributed by atoms with van der Waals surface area (Å²) in [6.45, 7) is 4.08. The quantitative estimate of drug-likeness (QED) is 0.580. The minimum absolute atomic E-state index is 0.0412. The van der Waals surface area contributed by atoms with E-state index in [1.54, 1.807) is 20.8 Å². The summed E-state index contributed by atoms with van der Waals surface area (Å²) in [5.41, 5.74) is -0.799. The van der Waals surface area contributed by atoms with Crippen molar-refractivity contribution in [2.24, 2.45) is 0 Å². The average Bonchev–Trinajstić information content (AvgIpc) is 2.51. The Balaban J connectivity index is 3.27. The van der Waals surface area contributed by atoms with Crippen molar-refractivity contribution in [2.75, 3.05) is 20.3 Å². The first-order chi connectivity index (χ1) is 12.1. The number of amides is 2. The lowest BCUT2D eigenvalue weighted by atomic mass is 10.1. The molecule has 0 saturated heterocycles. The third kappa shape index (κ3) is 5.99. The van der Waals surface area contributed by atoms with Crippen LogP contribution in [-0.2, 0) is 14.3 Å². The Hall–Kier alpha value is -2.68. The number of rotatable bonds is 7. The maximum absolute atomic E-state index is 14.0. The Morgan fingerprint density at radius 2 is 2.00 bits per heavy atom. The van der Waals surface area contributed by atoms with Gasteiger partial charge >= 0.3 is 12.2 Å². The van der Waals surface area contributed by atoms with Gasteiger partial charge in [0.25, 0.3) is 0 Å². The van der Waals surface area contributed by atoms with Crippen molar-refractivity contribution in [1.29, 1.82) is 0 Å². The van der Waals surface area contributed by atoms with E-state index in [0.717, 1.165) is 6.07 Å². The summed E-state index contributed by atoms with van der Waals surface area (Å²) >= 11 is 0. The molecule has 2 amide bonds. The van der Waals surface area contributed by atoms with Crippen LogP contribution >= 0.6 is 0 Å². The van der Waals surface area contributed by atoms with Crippen molar-refractivity contribution in [2.45, 2.75) is 32.4 Å². The van der Waals surface area contributed by atoms with E-state index in [9.17, 15) is 23.9 Å². The molecule has 0 heterocycles. The molecule has 0 aliphatic rings. The number of carbonyl (C=O) groups excluding carboxylic acids is 2. The molecule has 1 aromatic rings. The van der Waals surface area contributed by atoms with Gasteiger partial charge in [-0.15, -0.1) is 0 Å². The number of halogens is 1. The van der Waals surface area contributed by atoms with Gasteiger partial charge in [0, 0.05) is 0 Å². The second-order valence-electron chi connectivity index (χ2n) is 6.25. The highest BCUT2D eigenvalue weighted by atomic mass is 19.1. The topological polar surface area (TPSA) is 102 Å². The molecule has 0 saturated carbocycles. The lowest BCUT2D eigenvalue weighted by Crippen LogP contribution is -2.44. The minimum Gasteiger partial charge on any atom is -0.494 e. The molecular formula is C17H22FNO7. The largest absolute Gasteiger partial charge is 0.494 e. The standard InChI is InChI=1S/C17H22FNO7/c1-17(2,3)26-16(23)19(15(21)22)13(10-25-8-7-20)11-5-6-14(24-4)12(18)9-11/h5-7,9,13H,8,10H2,1-4H3,(H,21,22)/t13-/m1/s1. The van der Waals surface area contributed by atoms with Gasteiger partial charge in [0.1, 0.15) is 18.5 Å². The number of methoxy groups -OCH3 is 1. The van der Waals surface area contributed by atoms with Crippen LogP contribution in [-0.4, -0.2) is 54.4 Å². The Morgan fingerprint density at radius 3 is 2.46 bits per heavy atom. The van der Waals surface area contributed by atoms with E-state index in [0.29, 0.717) is 11.2 Å². The fourth-order valence-electron chi connectivity index (χ4n) is 2.09. The number of carboxylic acid groups (broad SMARTS) is 1. The number of aldehydes is 1. The normalized spacial score (nSPS) is 12.2. The molecule has 1 atom stereocenters. The Morgan fingerprint density at radius 1 is 1.35 bits per heavy atom. The van der Waals surface area contributed by atoms with E-state index in [1.165, 1.54) is 19.2 Å². The molecule has 144 valence electrons. The van der Waals surface area contributed by atoms with Gasteiger partial charge in [0.2, 0.25) is 0 Å². The fraction of sp³-hybridized carbons (Fsp3) is 0.471. The first-order valence-corrected chi connectivity index (χ1v) is 7.70. The number of imide groups is 1. The van der Waals surface area contributed by atoms with E-state index in [4.69, 9.17) is 14.2 Å². The number of nitrogens with zero attached hydrogens (tertiary/aromatic N) is 1. The number of carbonyl (C=O) groups is 3. The average molecular weight is 371 g/mol. The lowest BCUT2D eigenvalue weighted by Gasteiger charge is -2.30. The zero-order valence-corrected chi connectivity index (χ0v) is 15.0. The second-order valence-corrected chi connectivity index (χ2v) is 6.25. The highest BCUT2D eigenvalue weighted by Crippen LogP contribution is 2.28. The van der Waals surface area contributed by atoms with Gasteiger partial charge in [-0.3, -0.25) is 0 Å². The van der Waals surface area contributed by atoms with Crippen LogP contribution in [0.5, 0.6) is 5.75 Å². The van der Waals surface area contributed by atoms with Gasteiger partial charge in [-0.1, -0.05) is 6.07 Å². The third-order valence-corrected chi connectivity index (χ3v) is 3.13. The van der Waals surface area contributed by atoms with Crippen LogP contribution in [0.4, 0.5) is 14.0 Å². The summed E-state index contributed by atoms with van der Waals surface area (Å²) in [6.07, 6.45) is -2.26. The van der Waals surface area contributed by atoms with Crippen LogP contribution in [0.25, 0.3) is 0 Å². The molecule has 8 nitrogen and oxygen atoms in total. The maximum Gasteiger partial charge on any atom is 0.420 e. The highest BCUT2D eigenvalue weighted by Gasteiger charge is 2.35. The van der Waals surface area contributed by atoms with Gasteiger partial charge in [-0.2, -0.15) is 0 Å². The highest BCUT2D eigenvalue weighted by molar-refractivity contribution is 5.87. The second kappa shape index (κ2) is 9.14. The van der Waals surface area contributed by atoms with E-state index in [-0.39, 0.29) is 24.5 Å². The molecule has 0 unspecified atom stereocenters. The molecule has 0 aliphatic heterocycles. The summed E-state index contributed by atoms with van der Waals surface area (Å²) < 4.78 is 29.0. The molecule has 0 aliphatic carbocycles. The van der Waals surface area contributed by atoms with E-state index in [1.807, 2.05) is 0 Å². The zero-order chi connectivity index (χ0) is 19.9. The van der Waals surface area contributed by atoms with E-state index >= 15 is 0 Å². The van der Waals surface area contributed by atoms with Gasteiger partial charge in [0.15, 0.2) is 11.6 Å². The molecule has 0 spiro atoms. The van der Waals surface area contributed by atoms with Crippen LogP contribution in [0, 0.1) is 5.82 Å². The Kier molecular flexibility index (Phi) is 7.51. The summed E-state index contributed by atoms with van der Waals surface area (Å²) in [5.74, 6) is -0.777. The Bertz CT molecular complexity index is 657. The van der Waals surface area contributed by atoms with Crippen molar-refractivity contribution in [3.05, 3.63) is 29.6 Å². The molecule has 9 heteroatoms. The third-order valence-electron chi connectivity index (χ3n) is 3.13. The molecule has 0 aromatic heterocycles. The van der Waals surface area contributed by atoms with E-state index in [2.05, 4.69) is 0 Å². The number of hydrogen-bond acceptors (Lipinski definition) is 6. The molecule has 26 heavy (non-hydrogen) atoms. The summed E-state index contributed by atoms with van der Waals surface area (Å²) in [7, 11) is 1.28. The van der Waals surface area contributed by atoms with Crippen LogP contribution in [0.3, 0.4) is 0 Å². The molecule has 0 fully saturated rings. The Labute approximate surface area is 150 Å². The first kappa shape index (κ1) is 21.4. The lowest BCUT2D eigenvalue weighted by molar-refractivity contribution is -0.112. The molecule has 1 rings (SSSR count). The van der Waals surface area contributed by atoms with Crippen molar-refractivity contribution in [3.8, 4) is 5.75 Å². The van der Waals surface area contributed by atoms with Crippen molar-refractivity contribution >= 4 is 18.5 Å². The van der Waals surface area contributed by atoms with Gasteiger partial charge in [-0.25, -0.2) is 18.9 Å². The monoisotopic (exact) mass is 371 g/mol. The van der Waals surface area contributed by atoms with E-state index < -0.39 is 29.6 Å². The van der Waals surface area contributed by atoms with Crippen LogP contribution < -0.4 is 4.74 Å². The molecule has 0 radical (unpaired) electrons. The molecule has 0 bridgehead atoms. The number of hydrogen-bond donors (Lipinski definition) is 1. The fourth-order valence-corrected chi connectivity index (χ4v) is 2.09. The number of ether oxygens (including phenoxy) is 3. The van der Waals surface area contributed by atoms with Crippen molar-refractivity contribution < 1.29 is 38.1 Å². The van der Waals surface area contributed by atoms with Gasteiger partial charge in [0.05, 0.1) is 19.8 Å². The zero-order valence-electron chi connectivity index (χ0n) is 15.0. The first-order valence-electron chi connectivity index (χ1n) is 7.70. The predicted octanol–water partition coefficient (Wildman–Crippen LogP) is 3.01. The summed E-state index contributed by atoms with van der Waals surface area (Å²) in [6, 6.07) is 2.51. The smallest absolute Gasteiger partial charge is 0.420 e. The van der Waals surface area contributed by atoms with Crippen molar-refractivity contribution in [1.82, 2.24) is 4.90 Å². The van der Waals surface area contributed by atoms with Crippen molar-refractivity contribution in [3.63, 3.8) is 0 Å². The summed E-state index contributed by atoms with van der Waals surface area (Å²) in [5, 5.41) is 9.48. The van der Waals surface area contributed by atoms with Crippen LogP contribution in [0.1, 0.15) is 32.4 Å². The molecule has 1 N–H and O–H groups in total. The van der Waals surface area contributed by atoms with Gasteiger partial charge < -0.3 is 24.1 Å². The number of benzene rings is 1. The summed E-state index contributed by atoms with van der Waals surface area (Å²) in [4.78, 5) is 34.9. The maximum atomic E-state index is 14.0. The minimum atomic E-state index is -1.60. The predicted molar refractivity (Wildman–Crippen MR) is 88.7 cm³/mol. The molecular weight excluding hydrogens is 349 g/mol. The SMILES string of the molecule is COc1ccc([C@@H](COCC=O)N(C(=O)O)C(=O)OC(C)(C)C)cc1F. The van der Waals surface area contributed by atoms with Crippen LogP contribution in [0.15, 0.2) is 18.2 Å². The molecule has 1 aromatic carbocycles. The van der Waals surface area contributed by atoms with Gasteiger partial charge in [-0.05, 0) is 38.5 Å². The van der Waals surface area contributed by atoms with Crippen LogP contribution in [0.2, 0.25) is 0 Å².